The smallest absolute Gasteiger partial charge is 0.237 e. The van der Waals surface area contributed by atoms with E-state index < -0.39 is 0 Å². The summed E-state index contributed by atoms with van der Waals surface area (Å²) in [6, 6.07) is 117. The summed E-state index contributed by atoms with van der Waals surface area (Å²) in [5, 5.41) is 7.77. The molecular formula is C80H54N8. The first-order valence-electron chi connectivity index (χ1n) is 29.8. The molecule has 414 valence electrons. The second kappa shape index (κ2) is 21.0. The summed E-state index contributed by atoms with van der Waals surface area (Å²) in [5.41, 5.74) is 17.7. The monoisotopic (exact) mass is 1130 g/mol. The average Bonchev–Trinajstić information content (AvgIpc) is 1.92. The normalized spacial score (nSPS) is 11.6. The van der Waals surface area contributed by atoms with Gasteiger partial charge in [-0.1, -0.05) is 164 Å². The molecule has 8 heteroatoms. The number of nitrogens with zero attached hydrogens (tertiary/aromatic N) is 8. The van der Waals surface area contributed by atoms with Crippen molar-refractivity contribution in [1.82, 2.24) is 23.7 Å². The molecule has 8 nitrogen and oxygen atoms in total. The van der Waals surface area contributed by atoms with Crippen LogP contribution in [0.3, 0.4) is 0 Å². The number of hydrogen-bond acceptors (Lipinski definition) is 5. The van der Waals surface area contributed by atoms with E-state index in [1.165, 1.54) is 0 Å². The molecule has 4 heterocycles. The maximum absolute atomic E-state index is 5.95. The van der Waals surface area contributed by atoms with Crippen molar-refractivity contribution >= 4 is 128 Å². The van der Waals surface area contributed by atoms with E-state index in [1.54, 1.807) is 0 Å². The van der Waals surface area contributed by atoms with E-state index >= 15 is 0 Å². The third-order valence-corrected chi connectivity index (χ3v) is 17.1. The molecule has 13 aromatic carbocycles. The van der Waals surface area contributed by atoms with E-state index in [-0.39, 0.29) is 0 Å². The van der Waals surface area contributed by atoms with Crippen LogP contribution in [0, 0.1) is 0 Å². The van der Waals surface area contributed by atoms with Crippen LogP contribution < -0.4 is 14.7 Å². The summed E-state index contributed by atoms with van der Waals surface area (Å²) in [4.78, 5) is 18.5. The Kier molecular flexibility index (Phi) is 12.0. The lowest BCUT2D eigenvalue weighted by Gasteiger charge is -2.29. The zero-order valence-corrected chi connectivity index (χ0v) is 47.8. The van der Waals surface area contributed by atoms with Crippen molar-refractivity contribution in [3.63, 3.8) is 0 Å². The Morgan fingerprint density at radius 1 is 0.205 bits per heavy atom. The molecular weight excluding hydrogens is 1070 g/mol. The predicted octanol–water partition coefficient (Wildman–Crippen LogP) is 21.3. The second-order valence-electron chi connectivity index (χ2n) is 22.2. The molecule has 0 amide bonds. The first kappa shape index (κ1) is 50.5. The van der Waals surface area contributed by atoms with E-state index in [0.29, 0.717) is 5.95 Å². The van der Waals surface area contributed by atoms with Crippen LogP contribution in [0.25, 0.3) is 93.4 Å². The quantitative estimate of drug-likeness (QED) is 0.122. The van der Waals surface area contributed by atoms with Gasteiger partial charge in [0.1, 0.15) is 0 Å². The molecule has 17 rings (SSSR count). The van der Waals surface area contributed by atoms with Crippen LogP contribution in [-0.4, -0.2) is 23.7 Å². The molecule has 4 aromatic heterocycles. The number of fused-ring (bicyclic) bond motifs is 10. The van der Waals surface area contributed by atoms with Crippen LogP contribution in [0.15, 0.2) is 328 Å². The zero-order chi connectivity index (χ0) is 58.1. The Bertz CT molecular complexity index is 5410. The van der Waals surface area contributed by atoms with Crippen molar-refractivity contribution in [2.45, 2.75) is 0 Å². The number of benzene rings is 13. The van der Waals surface area contributed by atoms with E-state index in [2.05, 4.69) is 356 Å². The largest absolute Gasteiger partial charge is 0.310 e. The van der Waals surface area contributed by atoms with Gasteiger partial charge >= 0.3 is 0 Å². The summed E-state index contributed by atoms with van der Waals surface area (Å²) in [6.45, 7) is 0. The molecule has 0 radical (unpaired) electrons. The van der Waals surface area contributed by atoms with Crippen LogP contribution in [0.1, 0.15) is 0 Å². The number of anilines is 9. The fourth-order valence-electron chi connectivity index (χ4n) is 13.3. The van der Waals surface area contributed by atoms with Gasteiger partial charge in [-0.25, -0.2) is 4.98 Å². The van der Waals surface area contributed by atoms with Gasteiger partial charge in [0, 0.05) is 94.6 Å². The van der Waals surface area contributed by atoms with Crippen molar-refractivity contribution in [3.05, 3.63) is 328 Å². The highest BCUT2D eigenvalue weighted by Gasteiger charge is 2.27. The highest BCUT2D eigenvalue weighted by atomic mass is 15.3. The van der Waals surface area contributed by atoms with E-state index in [9.17, 15) is 0 Å². The number of rotatable bonds is 12. The van der Waals surface area contributed by atoms with Crippen molar-refractivity contribution in [1.29, 1.82) is 0 Å². The summed E-state index contributed by atoms with van der Waals surface area (Å²) < 4.78 is 7.12. The molecule has 0 fully saturated rings. The van der Waals surface area contributed by atoms with Crippen molar-refractivity contribution in [3.8, 4) is 17.1 Å². The van der Waals surface area contributed by atoms with E-state index in [4.69, 9.17) is 9.97 Å². The second-order valence-corrected chi connectivity index (χ2v) is 22.2. The van der Waals surface area contributed by atoms with Gasteiger partial charge in [-0.05, 0) is 164 Å². The van der Waals surface area contributed by atoms with Gasteiger partial charge in [0.25, 0.3) is 0 Å². The zero-order valence-electron chi connectivity index (χ0n) is 47.8. The molecule has 0 bridgehead atoms. The minimum absolute atomic E-state index is 0.529. The Hall–Kier alpha value is -12.0. The molecule has 0 aliphatic rings. The third-order valence-electron chi connectivity index (χ3n) is 17.1. The summed E-state index contributed by atoms with van der Waals surface area (Å²) in [7, 11) is 0. The molecule has 0 saturated carbocycles. The van der Waals surface area contributed by atoms with Gasteiger partial charge in [-0.2, -0.15) is 4.98 Å². The molecule has 88 heavy (non-hydrogen) atoms. The molecule has 0 aliphatic carbocycles. The fourth-order valence-corrected chi connectivity index (χ4v) is 13.3. The third kappa shape index (κ3) is 8.37. The Morgan fingerprint density at radius 3 is 0.966 bits per heavy atom. The van der Waals surface area contributed by atoms with Gasteiger partial charge in [0.15, 0.2) is 5.82 Å². The van der Waals surface area contributed by atoms with Crippen LogP contribution in [0.4, 0.5) is 51.6 Å². The van der Waals surface area contributed by atoms with Crippen molar-refractivity contribution in [2.24, 2.45) is 0 Å². The molecule has 0 N–H and O–H groups in total. The lowest BCUT2D eigenvalue weighted by atomic mass is 10.1. The Labute approximate surface area is 508 Å². The van der Waals surface area contributed by atoms with Gasteiger partial charge in [0.05, 0.1) is 38.6 Å². The van der Waals surface area contributed by atoms with Gasteiger partial charge in [-0.15, -0.1) is 0 Å². The standard InChI is InChI=1S/C80H54N8/c1-7-25-55(26-8-1)83(56-27-9-2-10-28-56)61-44-48-78-68(51-61)67-39-21-24-42-75(67)88(78)64-43-47-72-71(54-64)79(84(57-29-11-3-12-30-57)62-45-49-76-69(52-62)65-37-19-22-40-73(65)86(76)59-33-15-5-16-34-59)82-80(81-72)85(58-31-13-4-14-32-58)63-46-50-77-70(53-63)66-38-20-23-41-74(66)87(77)60-35-17-6-18-36-60/h1-54H. The maximum Gasteiger partial charge on any atom is 0.237 e. The summed E-state index contributed by atoms with van der Waals surface area (Å²) in [6.07, 6.45) is 0. The fraction of sp³-hybridized carbons (Fsp3) is 0. The first-order chi connectivity index (χ1) is 43.7. The van der Waals surface area contributed by atoms with Crippen LogP contribution in [-0.2, 0) is 0 Å². The average molecular weight is 1130 g/mol. The maximum atomic E-state index is 5.95. The van der Waals surface area contributed by atoms with E-state index in [1.807, 2.05) is 0 Å². The van der Waals surface area contributed by atoms with Gasteiger partial charge < -0.3 is 18.6 Å². The minimum atomic E-state index is 0.529. The lowest BCUT2D eigenvalue weighted by Crippen LogP contribution is -2.18. The van der Waals surface area contributed by atoms with Gasteiger partial charge in [-0.3, -0.25) is 9.80 Å². The molecule has 0 aliphatic heterocycles. The highest BCUT2D eigenvalue weighted by molar-refractivity contribution is 6.14. The SMILES string of the molecule is c1ccc(N(c2ccccc2)c2ccc3c(c2)c2ccccc2n3-c2ccc3nc(N(c4ccccc4)c4ccc5c(c4)c4ccccc4n5-c4ccccc4)nc(N(c4ccccc4)c4ccc5c(c4)c4ccccc4n5-c4ccccc4)c3c2)cc1. The summed E-state index contributed by atoms with van der Waals surface area (Å²) in [5.74, 6) is 1.26. The summed E-state index contributed by atoms with van der Waals surface area (Å²) >= 11 is 0. The molecule has 0 unspecified atom stereocenters. The Morgan fingerprint density at radius 2 is 0.534 bits per heavy atom. The van der Waals surface area contributed by atoms with Crippen LogP contribution in [0.2, 0.25) is 0 Å². The minimum Gasteiger partial charge on any atom is -0.310 e. The molecule has 0 saturated heterocycles. The highest BCUT2D eigenvalue weighted by Crippen LogP contribution is 2.46. The van der Waals surface area contributed by atoms with Crippen molar-refractivity contribution < 1.29 is 0 Å². The number of hydrogen-bond donors (Lipinski definition) is 0. The van der Waals surface area contributed by atoms with E-state index in [0.717, 1.165) is 139 Å². The van der Waals surface area contributed by atoms with Gasteiger partial charge in [0.2, 0.25) is 5.95 Å². The predicted molar refractivity (Wildman–Crippen MR) is 367 cm³/mol. The van der Waals surface area contributed by atoms with Crippen LogP contribution >= 0.6 is 0 Å². The molecule has 17 aromatic rings. The first-order valence-corrected chi connectivity index (χ1v) is 29.8. The molecule has 0 spiro atoms. The van der Waals surface area contributed by atoms with Crippen LogP contribution in [0.5, 0.6) is 0 Å². The number of para-hydroxylation sites is 9. The van der Waals surface area contributed by atoms with Crippen molar-refractivity contribution in [2.75, 3.05) is 14.7 Å². The lowest BCUT2D eigenvalue weighted by molar-refractivity contribution is 1.08. The Balaban J connectivity index is 0.918. The molecule has 0 atom stereocenters. The topological polar surface area (TPSA) is 50.3 Å². The number of aromatic nitrogens is 5.